The molecule has 0 spiro atoms. The molecule has 3 aromatic rings. The van der Waals surface area contributed by atoms with E-state index >= 15 is 0 Å². The predicted molar refractivity (Wildman–Crippen MR) is 141 cm³/mol. The Bertz CT molecular complexity index is 1130. The summed E-state index contributed by atoms with van der Waals surface area (Å²) in [5, 5.41) is 7.75. The van der Waals surface area contributed by atoms with Crippen LogP contribution in [0.4, 0.5) is 11.4 Å². The molecule has 34 heavy (non-hydrogen) atoms. The van der Waals surface area contributed by atoms with Crippen LogP contribution in [-0.4, -0.2) is 12.5 Å². The third-order valence-corrected chi connectivity index (χ3v) is 6.04. The lowest BCUT2D eigenvalue weighted by Crippen LogP contribution is -2.17. The van der Waals surface area contributed by atoms with E-state index in [9.17, 15) is 4.79 Å². The van der Waals surface area contributed by atoms with Crippen LogP contribution in [0.15, 0.2) is 54.6 Å². The van der Waals surface area contributed by atoms with Gasteiger partial charge in [-0.05, 0) is 60.5 Å². The van der Waals surface area contributed by atoms with Gasteiger partial charge in [0, 0.05) is 34.9 Å². The predicted octanol–water partition coefficient (Wildman–Crippen LogP) is 7.83. The van der Waals surface area contributed by atoms with Crippen LogP contribution in [0.1, 0.15) is 31.9 Å². The second-order valence-corrected chi connectivity index (χ2v) is 9.16. The number of nitrogens with one attached hydrogen (secondary N) is 2. The van der Waals surface area contributed by atoms with Crippen LogP contribution in [0.3, 0.4) is 0 Å². The van der Waals surface area contributed by atoms with Crippen LogP contribution in [0, 0.1) is 5.92 Å². The minimum Gasteiger partial charge on any atom is -0.490 e. The van der Waals surface area contributed by atoms with Gasteiger partial charge in [0.15, 0.2) is 11.5 Å². The zero-order valence-corrected chi connectivity index (χ0v) is 21.5. The van der Waals surface area contributed by atoms with Crippen LogP contribution in [0.2, 0.25) is 15.1 Å². The second kappa shape index (κ2) is 12.2. The molecule has 0 heterocycles. The van der Waals surface area contributed by atoms with Gasteiger partial charge in [0.05, 0.1) is 16.7 Å². The van der Waals surface area contributed by atoms with Gasteiger partial charge in [0.25, 0.3) is 0 Å². The Labute approximate surface area is 215 Å². The number of anilines is 2. The summed E-state index contributed by atoms with van der Waals surface area (Å²) >= 11 is 18.6. The summed E-state index contributed by atoms with van der Waals surface area (Å²) in [6.45, 7) is 6.90. The molecular formula is C26H27Cl3N2O3. The molecule has 0 radical (unpaired) electrons. The van der Waals surface area contributed by atoms with Crippen LogP contribution in [0.5, 0.6) is 11.5 Å². The molecule has 1 amide bonds. The molecule has 2 N–H and O–H groups in total. The molecule has 0 saturated heterocycles. The highest BCUT2D eigenvalue weighted by molar-refractivity contribution is 6.42. The summed E-state index contributed by atoms with van der Waals surface area (Å²) in [6.07, 6.45) is 0. The van der Waals surface area contributed by atoms with Gasteiger partial charge < -0.3 is 20.1 Å². The fourth-order valence-electron chi connectivity index (χ4n) is 3.04. The largest absolute Gasteiger partial charge is 0.490 e. The van der Waals surface area contributed by atoms with E-state index in [0.29, 0.717) is 46.3 Å². The number of amides is 1. The molecule has 0 saturated carbocycles. The van der Waals surface area contributed by atoms with E-state index in [1.54, 1.807) is 18.2 Å². The van der Waals surface area contributed by atoms with Crippen molar-refractivity contribution in [3.05, 3.63) is 80.8 Å². The van der Waals surface area contributed by atoms with Gasteiger partial charge in [-0.15, -0.1) is 0 Å². The summed E-state index contributed by atoms with van der Waals surface area (Å²) in [5.74, 6) is 1.07. The average Bonchev–Trinajstić information content (AvgIpc) is 2.81. The first-order chi connectivity index (χ1) is 16.3. The van der Waals surface area contributed by atoms with Crippen molar-refractivity contribution in [2.75, 3.05) is 17.2 Å². The van der Waals surface area contributed by atoms with E-state index in [1.165, 1.54) is 0 Å². The first-order valence-electron chi connectivity index (χ1n) is 10.9. The Morgan fingerprint density at radius 3 is 2.18 bits per heavy atom. The van der Waals surface area contributed by atoms with Gasteiger partial charge in [-0.2, -0.15) is 0 Å². The molecule has 0 unspecified atom stereocenters. The van der Waals surface area contributed by atoms with Gasteiger partial charge in [-0.3, -0.25) is 4.79 Å². The van der Waals surface area contributed by atoms with Crippen molar-refractivity contribution >= 4 is 52.1 Å². The van der Waals surface area contributed by atoms with Crippen LogP contribution in [-0.2, 0) is 17.9 Å². The van der Waals surface area contributed by atoms with E-state index in [1.807, 2.05) is 57.2 Å². The summed E-state index contributed by atoms with van der Waals surface area (Å²) in [7, 11) is 0. The number of hydrogen-bond acceptors (Lipinski definition) is 4. The van der Waals surface area contributed by atoms with Crippen molar-refractivity contribution in [1.29, 1.82) is 0 Å². The topological polar surface area (TPSA) is 59.6 Å². The van der Waals surface area contributed by atoms with Gasteiger partial charge in [0.1, 0.15) is 6.61 Å². The molecule has 0 aliphatic rings. The third-order valence-electron chi connectivity index (χ3n) is 4.95. The Morgan fingerprint density at radius 1 is 0.853 bits per heavy atom. The zero-order chi connectivity index (χ0) is 24.7. The molecule has 8 heteroatoms. The minimum atomic E-state index is -0.0737. The Hall–Kier alpha value is -2.60. The van der Waals surface area contributed by atoms with Crippen LogP contribution in [0.25, 0.3) is 0 Å². The number of benzene rings is 3. The number of rotatable bonds is 10. The normalized spacial score (nSPS) is 10.8. The van der Waals surface area contributed by atoms with Crippen LogP contribution >= 0.6 is 34.8 Å². The number of carbonyl (C=O) groups is 1. The highest BCUT2D eigenvalue weighted by Crippen LogP contribution is 2.35. The van der Waals surface area contributed by atoms with Gasteiger partial charge in [-0.25, -0.2) is 0 Å². The van der Waals surface area contributed by atoms with E-state index in [0.717, 1.165) is 22.5 Å². The smallest absolute Gasteiger partial charge is 0.226 e. The van der Waals surface area contributed by atoms with E-state index in [2.05, 4.69) is 10.6 Å². The maximum Gasteiger partial charge on any atom is 0.226 e. The summed E-state index contributed by atoms with van der Waals surface area (Å²) in [5.41, 5.74) is 3.40. The van der Waals surface area contributed by atoms with Crippen molar-refractivity contribution < 1.29 is 14.3 Å². The van der Waals surface area contributed by atoms with Gasteiger partial charge in [-0.1, -0.05) is 54.7 Å². The second-order valence-electron chi connectivity index (χ2n) is 7.94. The lowest BCUT2D eigenvalue weighted by molar-refractivity contribution is -0.118. The number of halogens is 3. The first kappa shape index (κ1) is 26.0. The molecule has 180 valence electrons. The van der Waals surface area contributed by atoms with Crippen molar-refractivity contribution in [3.8, 4) is 11.5 Å². The number of carbonyl (C=O) groups excluding carboxylic acids is 1. The highest BCUT2D eigenvalue weighted by atomic mass is 35.5. The van der Waals surface area contributed by atoms with E-state index < -0.39 is 0 Å². The Kier molecular flexibility index (Phi) is 9.34. The van der Waals surface area contributed by atoms with Gasteiger partial charge >= 0.3 is 0 Å². The monoisotopic (exact) mass is 520 g/mol. The number of ether oxygens (including phenoxy) is 2. The lowest BCUT2D eigenvalue weighted by atomic mass is 10.1. The molecule has 0 aliphatic heterocycles. The quantitative estimate of drug-likeness (QED) is 0.285. The molecule has 3 rings (SSSR count). The molecule has 0 aliphatic carbocycles. The fourth-order valence-corrected chi connectivity index (χ4v) is 3.58. The van der Waals surface area contributed by atoms with E-state index in [4.69, 9.17) is 44.3 Å². The molecule has 0 bridgehead atoms. The summed E-state index contributed by atoms with van der Waals surface area (Å²) < 4.78 is 11.8. The molecule has 0 atom stereocenters. The van der Waals surface area contributed by atoms with Crippen LogP contribution < -0.4 is 20.1 Å². The Balaban J connectivity index is 1.67. The Morgan fingerprint density at radius 2 is 1.53 bits per heavy atom. The molecule has 0 fully saturated rings. The van der Waals surface area contributed by atoms with Crippen molar-refractivity contribution in [2.24, 2.45) is 5.92 Å². The third kappa shape index (κ3) is 7.20. The summed E-state index contributed by atoms with van der Waals surface area (Å²) in [6, 6.07) is 16.5. The maximum absolute atomic E-state index is 11.8. The zero-order valence-electron chi connectivity index (χ0n) is 19.3. The molecule has 0 aromatic heterocycles. The number of hydrogen-bond donors (Lipinski definition) is 2. The van der Waals surface area contributed by atoms with Crippen molar-refractivity contribution in [3.63, 3.8) is 0 Å². The lowest BCUT2D eigenvalue weighted by Gasteiger charge is -2.16. The minimum absolute atomic E-state index is 0.0163. The fraction of sp³-hybridized carbons (Fsp3) is 0.269. The summed E-state index contributed by atoms with van der Waals surface area (Å²) in [4.78, 5) is 11.8. The van der Waals surface area contributed by atoms with Crippen molar-refractivity contribution in [2.45, 2.75) is 33.9 Å². The molecular weight excluding hydrogens is 495 g/mol. The van der Waals surface area contributed by atoms with E-state index in [-0.39, 0.29) is 11.8 Å². The standard InChI is InChI=1S/C26H27Cl3N2O3/c1-4-33-24-12-18(14-30-19-6-8-20(9-7-19)31-26(32)16(2)3)22(28)13-25(24)34-15-17-5-10-21(27)23(29)11-17/h5-13,16,30H,4,14-15H2,1-3H3,(H,31,32). The highest BCUT2D eigenvalue weighted by Gasteiger charge is 2.13. The molecule has 5 nitrogen and oxygen atoms in total. The van der Waals surface area contributed by atoms with Gasteiger partial charge in [0.2, 0.25) is 5.91 Å². The average molecular weight is 522 g/mol. The molecule has 3 aromatic carbocycles. The van der Waals surface area contributed by atoms with Crippen molar-refractivity contribution in [1.82, 2.24) is 0 Å². The maximum atomic E-state index is 11.8. The SMILES string of the molecule is CCOc1cc(CNc2ccc(NC(=O)C(C)C)cc2)c(Cl)cc1OCc1ccc(Cl)c(Cl)c1. The first-order valence-corrected chi connectivity index (χ1v) is 12.1.